The summed E-state index contributed by atoms with van der Waals surface area (Å²) in [7, 11) is 0. The minimum absolute atomic E-state index is 0.0378. The Morgan fingerprint density at radius 1 is 1.06 bits per heavy atom. The smallest absolute Gasteiger partial charge is 0.307 e. The quantitative estimate of drug-likeness (QED) is 0.369. The molecule has 0 aliphatic carbocycles. The molecule has 0 aliphatic heterocycles. The van der Waals surface area contributed by atoms with Crippen molar-refractivity contribution in [3.8, 4) is 11.3 Å². The van der Waals surface area contributed by atoms with E-state index in [0.717, 1.165) is 16.3 Å². The number of rotatable bonds is 7. The zero-order valence-corrected chi connectivity index (χ0v) is 18.1. The number of anilines is 1. The van der Waals surface area contributed by atoms with E-state index >= 15 is 0 Å². The minimum Gasteiger partial charge on any atom is -0.453 e. The Morgan fingerprint density at radius 3 is 2.62 bits per heavy atom. The van der Waals surface area contributed by atoms with Crippen molar-refractivity contribution < 1.29 is 18.7 Å². The van der Waals surface area contributed by atoms with Crippen LogP contribution in [0.2, 0.25) is 5.02 Å². The first-order valence-corrected chi connectivity index (χ1v) is 10.6. The molecule has 3 aromatic carbocycles. The molecule has 1 atom stereocenters. The second-order valence-electron chi connectivity index (χ2n) is 7.28. The van der Waals surface area contributed by atoms with Crippen molar-refractivity contribution in [2.45, 2.75) is 25.9 Å². The Balaban J connectivity index is 1.29. The van der Waals surface area contributed by atoms with E-state index in [2.05, 4.69) is 10.3 Å². The van der Waals surface area contributed by atoms with Gasteiger partial charge in [0.15, 0.2) is 17.8 Å². The zero-order chi connectivity index (χ0) is 22.5. The highest BCUT2D eigenvalue weighted by molar-refractivity contribution is 6.33. The van der Waals surface area contributed by atoms with Crippen molar-refractivity contribution in [2.24, 2.45) is 0 Å². The Hall–Kier alpha value is -3.64. The number of aryl methyl sites for hydroxylation is 1. The summed E-state index contributed by atoms with van der Waals surface area (Å²) < 4.78 is 10.9. The van der Waals surface area contributed by atoms with Gasteiger partial charge in [-0.05, 0) is 42.0 Å². The third-order valence-electron chi connectivity index (χ3n) is 4.93. The Morgan fingerprint density at radius 2 is 1.81 bits per heavy atom. The molecule has 0 saturated carbocycles. The van der Waals surface area contributed by atoms with Crippen molar-refractivity contribution in [2.75, 3.05) is 5.32 Å². The molecule has 0 spiro atoms. The lowest BCUT2D eigenvalue weighted by molar-refractivity contribution is -0.153. The highest BCUT2D eigenvalue weighted by Crippen LogP contribution is 2.28. The Bertz CT molecular complexity index is 1270. The van der Waals surface area contributed by atoms with Crippen LogP contribution in [0.1, 0.15) is 19.2 Å². The number of hydrogen-bond acceptors (Lipinski definition) is 5. The van der Waals surface area contributed by atoms with Crippen LogP contribution < -0.4 is 5.32 Å². The van der Waals surface area contributed by atoms with Crippen LogP contribution in [-0.4, -0.2) is 23.0 Å². The maximum absolute atomic E-state index is 12.4. The van der Waals surface area contributed by atoms with Gasteiger partial charge < -0.3 is 14.5 Å². The number of nitrogens with zero attached hydrogens (tertiary/aromatic N) is 1. The summed E-state index contributed by atoms with van der Waals surface area (Å²) in [4.78, 5) is 28.8. The van der Waals surface area contributed by atoms with E-state index in [1.807, 2.05) is 60.7 Å². The van der Waals surface area contributed by atoms with Gasteiger partial charge in [-0.1, -0.05) is 54.1 Å². The number of benzene rings is 3. The lowest BCUT2D eigenvalue weighted by Gasteiger charge is -2.13. The molecule has 4 rings (SSSR count). The topological polar surface area (TPSA) is 81.4 Å². The lowest BCUT2D eigenvalue weighted by atomic mass is 10.1. The maximum Gasteiger partial charge on any atom is 0.307 e. The molecule has 7 heteroatoms. The Labute approximate surface area is 190 Å². The summed E-state index contributed by atoms with van der Waals surface area (Å²) in [6.07, 6.45) is 0.928. The highest BCUT2D eigenvalue weighted by atomic mass is 35.5. The molecule has 0 saturated heterocycles. The third kappa shape index (κ3) is 5.15. The van der Waals surface area contributed by atoms with Crippen molar-refractivity contribution >= 4 is 39.9 Å². The molecule has 6 nitrogen and oxygen atoms in total. The number of hydrogen-bond donors (Lipinski definition) is 1. The van der Waals surface area contributed by atoms with Gasteiger partial charge in [0.2, 0.25) is 0 Å². The number of halogens is 1. The lowest BCUT2D eigenvalue weighted by Crippen LogP contribution is -2.30. The van der Waals surface area contributed by atoms with Crippen LogP contribution in [0, 0.1) is 0 Å². The van der Waals surface area contributed by atoms with Gasteiger partial charge in [0.05, 0.1) is 17.6 Å². The number of esters is 1. The predicted molar refractivity (Wildman–Crippen MR) is 123 cm³/mol. The molecule has 0 fully saturated rings. The number of nitrogens with one attached hydrogen (secondary N) is 1. The van der Waals surface area contributed by atoms with E-state index in [4.69, 9.17) is 20.8 Å². The number of oxazole rings is 1. The average molecular weight is 449 g/mol. The van der Waals surface area contributed by atoms with Gasteiger partial charge in [0.25, 0.3) is 5.91 Å². The normalized spacial score (nSPS) is 11.8. The monoisotopic (exact) mass is 448 g/mol. The molecule has 0 aliphatic rings. The van der Waals surface area contributed by atoms with Crippen molar-refractivity contribution in [3.05, 3.63) is 83.8 Å². The first-order valence-electron chi connectivity index (χ1n) is 10.2. The largest absolute Gasteiger partial charge is 0.453 e. The molecule has 1 amide bonds. The number of carbonyl (C=O) groups excluding carboxylic acids is 2. The van der Waals surface area contributed by atoms with Gasteiger partial charge in [-0.15, -0.1) is 0 Å². The van der Waals surface area contributed by atoms with Crippen LogP contribution in [0.25, 0.3) is 22.1 Å². The van der Waals surface area contributed by atoms with Crippen molar-refractivity contribution in [3.63, 3.8) is 0 Å². The van der Waals surface area contributed by atoms with Crippen LogP contribution in [0.4, 0.5) is 5.69 Å². The molecule has 1 unspecified atom stereocenters. The second kappa shape index (κ2) is 9.66. The molecular weight excluding hydrogens is 428 g/mol. The SMILES string of the molecule is CC(OC(=O)CCc1ncc(-c2ccccc2Cl)o1)C(=O)Nc1ccc2ccccc2c1. The van der Waals surface area contributed by atoms with Gasteiger partial charge in [0.1, 0.15) is 0 Å². The number of aromatic nitrogens is 1. The number of fused-ring (bicyclic) bond motifs is 1. The number of ether oxygens (including phenoxy) is 1. The molecule has 0 radical (unpaired) electrons. The summed E-state index contributed by atoms with van der Waals surface area (Å²) in [5.74, 6) is 0.0154. The maximum atomic E-state index is 12.4. The molecule has 162 valence electrons. The van der Waals surface area contributed by atoms with Gasteiger partial charge in [0, 0.05) is 17.7 Å². The van der Waals surface area contributed by atoms with Crippen LogP contribution in [0.3, 0.4) is 0 Å². The standard InChI is InChI=1S/C25H21ClN2O4/c1-16(25(30)28-19-11-10-17-6-2-3-7-18(17)14-19)31-24(29)13-12-23-27-15-22(32-23)20-8-4-5-9-21(20)26/h2-11,14-16H,12-13H2,1H3,(H,28,30). The van der Waals surface area contributed by atoms with Crippen molar-refractivity contribution in [1.82, 2.24) is 4.98 Å². The van der Waals surface area contributed by atoms with E-state index < -0.39 is 18.0 Å². The molecule has 4 aromatic rings. The molecule has 1 N–H and O–H groups in total. The molecule has 1 aromatic heterocycles. The van der Waals surface area contributed by atoms with Gasteiger partial charge in [-0.3, -0.25) is 9.59 Å². The zero-order valence-electron chi connectivity index (χ0n) is 17.4. The fraction of sp³-hybridized carbons (Fsp3) is 0.160. The molecule has 1 heterocycles. The van der Waals surface area contributed by atoms with E-state index in [-0.39, 0.29) is 12.8 Å². The first-order chi connectivity index (χ1) is 15.5. The summed E-state index contributed by atoms with van der Waals surface area (Å²) in [5, 5.41) is 5.43. The van der Waals surface area contributed by atoms with Gasteiger partial charge in [-0.25, -0.2) is 4.98 Å². The van der Waals surface area contributed by atoms with Crippen LogP contribution in [0.5, 0.6) is 0 Å². The fourth-order valence-electron chi connectivity index (χ4n) is 3.24. The van der Waals surface area contributed by atoms with Gasteiger partial charge >= 0.3 is 5.97 Å². The van der Waals surface area contributed by atoms with E-state index in [1.54, 1.807) is 12.3 Å². The van der Waals surface area contributed by atoms with Crippen LogP contribution in [0.15, 0.2) is 77.3 Å². The predicted octanol–water partition coefficient (Wildman–Crippen LogP) is 5.65. The minimum atomic E-state index is -0.933. The first kappa shape index (κ1) is 21.6. The van der Waals surface area contributed by atoms with Crippen LogP contribution >= 0.6 is 11.6 Å². The summed E-state index contributed by atoms with van der Waals surface area (Å²) in [6.45, 7) is 1.54. The third-order valence-corrected chi connectivity index (χ3v) is 5.26. The summed E-state index contributed by atoms with van der Waals surface area (Å²) in [6, 6.07) is 20.7. The van der Waals surface area contributed by atoms with E-state index in [1.165, 1.54) is 6.92 Å². The van der Waals surface area contributed by atoms with E-state index in [9.17, 15) is 9.59 Å². The molecule has 32 heavy (non-hydrogen) atoms. The number of carbonyl (C=O) groups is 2. The summed E-state index contributed by atoms with van der Waals surface area (Å²) in [5.41, 5.74) is 1.37. The average Bonchev–Trinajstić information content (AvgIpc) is 3.26. The number of amides is 1. The second-order valence-corrected chi connectivity index (χ2v) is 7.69. The van der Waals surface area contributed by atoms with Gasteiger partial charge in [-0.2, -0.15) is 0 Å². The Kier molecular flexibility index (Phi) is 6.52. The fourth-order valence-corrected chi connectivity index (χ4v) is 3.47. The van der Waals surface area contributed by atoms with E-state index in [0.29, 0.717) is 22.4 Å². The molecular formula is C25H21ClN2O4. The van der Waals surface area contributed by atoms with Crippen molar-refractivity contribution in [1.29, 1.82) is 0 Å². The molecule has 0 bridgehead atoms. The van der Waals surface area contributed by atoms with Crippen LogP contribution in [-0.2, 0) is 20.7 Å². The summed E-state index contributed by atoms with van der Waals surface area (Å²) >= 11 is 6.17. The highest BCUT2D eigenvalue weighted by Gasteiger charge is 2.19.